The van der Waals surface area contributed by atoms with Gasteiger partial charge in [-0.15, -0.1) is 11.3 Å². The summed E-state index contributed by atoms with van der Waals surface area (Å²) in [5.41, 5.74) is -0.0606. The van der Waals surface area contributed by atoms with Crippen LogP contribution in [0.4, 0.5) is 0 Å². The Balaban J connectivity index is 2.06. The fourth-order valence-electron chi connectivity index (χ4n) is 3.45. The third kappa shape index (κ3) is 2.07. The van der Waals surface area contributed by atoms with Gasteiger partial charge >= 0.3 is 5.69 Å². The molecule has 0 bridgehead atoms. The summed E-state index contributed by atoms with van der Waals surface area (Å²) in [4.78, 5) is 38.5. The summed E-state index contributed by atoms with van der Waals surface area (Å²) < 4.78 is 3.21. The first-order chi connectivity index (χ1) is 11.0. The van der Waals surface area contributed by atoms with Crippen molar-refractivity contribution in [1.82, 2.24) is 9.13 Å². The zero-order chi connectivity index (χ0) is 16.4. The molecule has 0 spiro atoms. The molecule has 0 aromatic carbocycles. The van der Waals surface area contributed by atoms with Gasteiger partial charge in [0.1, 0.15) is 4.83 Å². The van der Waals surface area contributed by atoms with Gasteiger partial charge in [-0.1, -0.05) is 6.42 Å². The third-order valence-electron chi connectivity index (χ3n) is 5.54. The molecule has 2 aromatic heterocycles. The van der Waals surface area contributed by atoms with Crippen molar-refractivity contribution in [3.8, 4) is 0 Å². The molecular formula is C17H20N2O3S. The molecule has 122 valence electrons. The van der Waals surface area contributed by atoms with E-state index in [4.69, 9.17) is 0 Å². The average Bonchev–Trinajstić information content (AvgIpc) is 3.10. The van der Waals surface area contributed by atoms with Gasteiger partial charge in [0.25, 0.3) is 5.56 Å². The van der Waals surface area contributed by atoms with Gasteiger partial charge in [-0.3, -0.25) is 18.7 Å². The van der Waals surface area contributed by atoms with Crippen molar-refractivity contribution in [2.24, 2.45) is 5.92 Å². The Bertz CT molecular complexity index is 926. The van der Waals surface area contributed by atoms with Crippen molar-refractivity contribution < 1.29 is 4.79 Å². The number of carbonyl (C=O) groups excluding carboxylic acids is 1. The van der Waals surface area contributed by atoms with E-state index in [1.807, 2.05) is 13.8 Å². The van der Waals surface area contributed by atoms with Crippen LogP contribution < -0.4 is 11.2 Å². The SMILES string of the molecule is Cc1c(C=O)sc2c1c(=O)n(C1(C)CC1)c(=O)n2CC1CCC1. The lowest BCUT2D eigenvalue weighted by atomic mass is 9.85. The van der Waals surface area contributed by atoms with Gasteiger partial charge in [0.05, 0.1) is 15.8 Å². The van der Waals surface area contributed by atoms with Gasteiger partial charge in [0.15, 0.2) is 6.29 Å². The van der Waals surface area contributed by atoms with Crippen LogP contribution in [-0.2, 0) is 12.1 Å². The van der Waals surface area contributed by atoms with Crippen LogP contribution in [0.25, 0.3) is 10.2 Å². The summed E-state index contributed by atoms with van der Waals surface area (Å²) in [6.07, 6.45) is 6.00. The molecule has 4 rings (SSSR count). The lowest BCUT2D eigenvalue weighted by Gasteiger charge is -2.27. The quantitative estimate of drug-likeness (QED) is 0.809. The average molecular weight is 332 g/mol. The Hall–Kier alpha value is -1.69. The maximum atomic E-state index is 13.0. The standard InChI is InChI=1S/C17H20N2O3S/c1-10-12(9-20)23-15-13(10)14(21)19(17(2)6-7-17)16(22)18(15)8-11-4-3-5-11/h9,11H,3-8H2,1-2H3. The summed E-state index contributed by atoms with van der Waals surface area (Å²) in [5, 5.41) is 0.559. The fourth-order valence-corrected chi connectivity index (χ4v) is 4.57. The first kappa shape index (κ1) is 14.9. The van der Waals surface area contributed by atoms with Gasteiger partial charge in [-0.25, -0.2) is 4.79 Å². The van der Waals surface area contributed by atoms with Crippen LogP contribution in [0.1, 0.15) is 54.3 Å². The molecule has 2 aromatic rings. The lowest BCUT2D eigenvalue weighted by molar-refractivity contribution is 0.112. The topological polar surface area (TPSA) is 61.1 Å². The highest BCUT2D eigenvalue weighted by Gasteiger charge is 2.43. The van der Waals surface area contributed by atoms with E-state index in [0.717, 1.165) is 32.0 Å². The lowest BCUT2D eigenvalue weighted by Crippen LogP contribution is -2.45. The van der Waals surface area contributed by atoms with Crippen LogP contribution in [0.15, 0.2) is 9.59 Å². The maximum Gasteiger partial charge on any atom is 0.332 e. The van der Waals surface area contributed by atoms with Gasteiger partial charge < -0.3 is 0 Å². The van der Waals surface area contributed by atoms with E-state index in [0.29, 0.717) is 33.1 Å². The first-order valence-electron chi connectivity index (χ1n) is 8.21. The summed E-state index contributed by atoms with van der Waals surface area (Å²) >= 11 is 1.28. The second-order valence-electron chi connectivity index (χ2n) is 7.22. The number of fused-ring (bicyclic) bond motifs is 1. The molecule has 0 unspecified atom stereocenters. The Morgan fingerprint density at radius 1 is 1.30 bits per heavy atom. The number of aromatic nitrogens is 2. The minimum Gasteiger partial charge on any atom is -0.297 e. The first-order valence-corrected chi connectivity index (χ1v) is 9.02. The van der Waals surface area contributed by atoms with Crippen molar-refractivity contribution in [3.05, 3.63) is 31.3 Å². The van der Waals surface area contributed by atoms with E-state index in [-0.39, 0.29) is 16.8 Å². The molecular weight excluding hydrogens is 312 g/mol. The smallest absolute Gasteiger partial charge is 0.297 e. The predicted octanol–water partition coefficient (Wildman–Crippen LogP) is 2.65. The number of aldehydes is 1. The zero-order valence-electron chi connectivity index (χ0n) is 13.4. The van der Waals surface area contributed by atoms with Crippen molar-refractivity contribution in [2.75, 3.05) is 0 Å². The number of carbonyl (C=O) groups is 1. The molecule has 2 aliphatic carbocycles. The molecule has 0 amide bonds. The molecule has 0 radical (unpaired) electrons. The number of hydrogen-bond donors (Lipinski definition) is 0. The van der Waals surface area contributed by atoms with Crippen LogP contribution in [0.2, 0.25) is 0 Å². The molecule has 6 heteroatoms. The molecule has 0 aliphatic heterocycles. The molecule has 2 fully saturated rings. The van der Waals surface area contributed by atoms with Crippen molar-refractivity contribution in [3.63, 3.8) is 0 Å². The van der Waals surface area contributed by atoms with Crippen molar-refractivity contribution in [1.29, 1.82) is 0 Å². The van der Waals surface area contributed by atoms with Crippen molar-refractivity contribution in [2.45, 2.75) is 58.0 Å². The van der Waals surface area contributed by atoms with Crippen LogP contribution in [0.3, 0.4) is 0 Å². The number of aryl methyl sites for hydroxylation is 1. The normalized spacial score (nSPS) is 19.7. The monoisotopic (exact) mass is 332 g/mol. The van der Waals surface area contributed by atoms with E-state index >= 15 is 0 Å². The molecule has 23 heavy (non-hydrogen) atoms. The van der Waals surface area contributed by atoms with Gasteiger partial charge in [-0.2, -0.15) is 0 Å². The Kier molecular flexibility index (Phi) is 3.17. The highest BCUT2D eigenvalue weighted by molar-refractivity contribution is 7.20. The summed E-state index contributed by atoms with van der Waals surface area (Å²) in [6.45, 7) is 4.43. The highest BCUT2D eigenvalue weighted by atomic mass is 32.1. The van der Waals surface area contributed by atoms with E-state index in [1.54, 1.807) is 4.57 Å². The summed E-state index contributed by atoms with van der Waals surface area (Å²) in [5.74, 6) is 0.510. The van der Waals surface area contributed by atoms with E-state index in [9.17, 15) is 14.4 Å². The van der Waals surface area contributed by atoms with Gasteiger partial charge in [-0.05, 0) is 51.0 Å². The fraction of sp³-hybridized carbons (Fsp3) is 0.588. The molecule has 0 N–H and O–H groups in total. The second-order valence-corrected chi connectivity index (χ2v) is 8.25. The number of thiophene rings is 1. The van der Waals surface area contributed by atoms with E-state index in [2.05, 4.69) is 0 Å². The summed E-state index contributed by atoms with van der Waals surface area (Å²) in [7, 11) is 0. The highest BCUT2D eigenvalue weighted by Crippen LogP contribution is 2.41. The minimum atomic E-state index is -0.348. The van der Waals surface area contributed by atoms with E-state index < -0.39 is 0 Å². The number of nitrogens with zero attached hydrogens (tertiary/aromatic N) is 2. The van der Waals surface area contributed by atoms with Crippen LogP contribution >= 0.6 is 11.3 Å². The molecule has 5 nitrogen and oxygen atoms in total. The van der Waals surface area contributed by atoms with Crippen LogP contribution in [-0.4, -0.2) is 15.4 Å². The Labute approximate surface area is 137 Å². The summed E-state index contributed by atoms with van der Waals surface area (Å²) in [6, 6.07) is 0. The van der Waals surface area contributed by atoms with Gasteiger partial charge in [0, 0.05) is 6.54 Å². The predicted molar refractivity (Wildman–Crippen MR) is 90.7 cm³/mol. The largest absolute Gasteiger partial charge is 0.332 e. The van der Waals surface area contributed by atoms with Gasteiger partial charge in [0.2, 0.25) is 0 Å². The third-order valence-corrected chi connectivity index (χ3v) is 6.78. The molecule has 2 saturated carbocycles. The van der Waals surface area contributed by atoms with Crippen molar-refractivity contribution >= 4 is 27.8 Å². The van der Waals surface area contributed by atoms with E-state index in [1.165, 1.54) is 22.3 Å². The second kappa shape index (κ2) is 4.90. The molecule has 0 saturated heterocycles. The Morgan fingerprint density at radius 3 is 2.52 bits per heavy atom. The molecule has 2 heterocycles. The number of hydrogen-bond acceptors (Lipinski definition) is 4. The molecule has 0 atom stereocenters. The van der Waals surface area contributed by atoms with Crippen LogP contribution in [0, 0.1) is 12.8 Å². The Morgan fingerprint density at radius 2 is 2.00 bits per heavy atom. The minimum absolute atomic E-state index is 0.201. The molecule has 2 aliphatic rings. The number of rotatable bonds is 4. The zero-order valence-corrected chi connectivity index (χ0v) is 14.2. The van der Waals surface area contributed by atoms with Crippen LogP contribution in [0.5, 0.6) is 0 Å². The maximum absolute atomic E-state index is 13.0.